The Bertz CT molecular complexity index is 1070. The molecule has 0 bridgehead atoms. The number of sulfonamides is 1. The van der Waals surface area contributed by atoms with Crippen molar-refractivity contribution in [2.75, 3.05) is 26.5 Å². The van der Waals surface area contributed by atoms with E-state index >= 15 is 0 Å². The first-order chi connectivity index (χ1) is 12.3. The van der Waals surface area contributed by atoms with Crippen LogP contribution in [0.1, 0.15) is 10.4 Å². The minimum absolute atomic E-state index is 0.185. The fourth-order valence-corrected chi connectivity index (χ4v) is 4.17. The number of nitrogens with zero attached hydrogens (tertiary/aromatic N) is 2. The first-order valence-corrected chi connectivity index (χ1v) is 9.85. The van der Waals surface area contributed by atoms with Crippen LogP contribution in [-0.2, 0) is 10.0 Å². The molecule has 3 rings (SSSR count). The molecule has 0 spiro atoms. The van der Waals surface area contributed by atoms with Crippen molar-refractivity contribution in [3.05, 3.63) is 48.0 Å². The number of hydrogen-bond donors (Lipinski definition) is 1. The molecule has 3 aromatic rings. The number of fused-ring (bicyclic) bond motifs is 1. The Labute approximate surface area is 155 Å². The number of hydrogen-bond acceptors (Lipinski definition) is 6. The van der Waals surface area contributed by atoms with Crippen LogP contribution in [0.4, 0.5) is 5.13 Å². The third-order valence-electron chi connectivity index (χ3n) is 3.69. The van der Waals surface area contributed by atoms with E-state index < -0.39 is 10.0 Å². The smallest absolute Gasteiger partial charge is 0.257 e. The van der Waals surface area contributed by atoms with Gasteiger partial charge in [0.1, 0.15) is 5.75 Å². The van der Waals surface area contributed by atoms with Gasteiger partial charge >= 0.3 is 0 Å². The highest BCUT2D eigenvalue weighted by Gasteiger charge is 2.19. The SMILES string of the molecule is COc1cccc(C(=O)Nc2nc3ccc(S(=O)(=O)N(C)C)cc3s2)c1. The van der Waals surface area contributed by atoms with Gasteiger partial charge in [-0.3, -0.25) is 10.1 Å². The van der Waals surface area contributed by atoms with Crippen molar-refractivity contribution in [2.24, 2.45) is 0 Å². The molecular weight excluding hydrogens is 374 g/mol. The number of anilines is 1. The lowest BCUT2D eigenvalue weighted by Crippen LogP contribution is -2.22. The van der Waals surface area contributed by atoms with Gasteiger partial charge in [0.15, 0.2) is 5.13 Å². The summed E-state index contributed by atoms with van der Waals surface area (Å²) in [5.41, 5.74) is 1.06. The van der Waals surface area contributed by atoms with Gasteiger partial charge in [-0.1, -0.05) is 17.4 Å². The summed E-state index contributed by atoms with van der Waals surface area (Å²) in [5.74, 6) is 0.268. The number of nitrogens with one attached hydrogen (secondary N) is 1. The summed E-state index contributed by atoms with van der Waals surface area (Å²) in [7, 11) is 0.966. The van der Waals surface area contributed by atoms with Crippen LogP contribution in [0.2, 0.25) is 0 Å². The van der Waals surface area contributed by atoms with E-state index in [-0.39, 0.29) is 10.8 Å². The molecule has 9 heteroatoms. The standard InChI is InChI=1S/C17H17N3O4S2/c1-20(2)26(22,23)13-7-8-14-15(10-13)25-17(18-14)19-16(21)11-5-4-6-12(9-11)24-3/h4-10H,1-3H3,(H,18,19,21). The molecule has 0 unspecified atom stereocenters. The number of aromatic nitrogens is 1. The Morgan fingerprint density at radius 2 is 1.96 bits per heavy atom. The average molecular weight is 391 g/mol. The molecule has 0 radical (unpaired) electrons. The quantitative estimate of drug-likeness (QED) is 0.722. The highest BCUT2D eigenvalue weighted by atomic mass is 32.2. The Kier molecular flexibility index (Phi) is 4.94. The zero-order valence-electron chi connectivity index (χ0n) is 14.4. The summed E-state index contributed by atoms with van der Waals surface area (Å²) in [6, 6.07) is 11.5. The molecular formula is C17H17N3O4S2. The second kappa shape index (κ2) is 7.02. The van der Waals surface area contributed by atoms with E-state index in [0.717, 1.165) is 4.31 Å². The van der Waals surface area contributed by atoms with Gasteiger partial charge in [0, 0.05) is 19.7 Å². The molecule has 1 heterocycles. The molecule has 0 atom stereocenters. The Morgan fingerprint density at radius 1 is 1.19 bits per heavy atom. The predicted molar refractivity (Wildman–Crippen MR) is 101 cm³/mol. The van der Waals surface area contributed by atoms with Gasteiger partial charge in [-0.25, -0.2) is 17.7 Å². The molecule has 0 saturated heterocycles. The Hall–Kier alpha value is -2.49. The van der Waals surface area contributed by atoms with Crippen LogP contribution in [0.3, 0.4) is 0 Å². The van der Waals surface area contributed by atoms with E-state index in [1.807, 2.05) is 0 Å². The lowest BCUT2D eigenvalue weighted by molar-refractivity contribution is 0.102. The zero-order valence-corrected chi connectivity index (χ0v) is 16.0. The zero-order chi connectivity index (χ0) is 18.9. The molecule has 1 N–H and O–H groups in total. The molecule has 0 fully saturated rings. The maximum absolute atomic E-state index is 12.4. The van der Waals surface area contributed by atoms with Gasteiger partial charge < -0.3 is 4.74 Å². The fourth-order valence-electron chi connectivity index (χ4n) is 2.26. The second-order valence-corrected chi connectivity index (χ2v) is 8.80. The van der Waals surface area contributed by atoms with Gasteiger partial charge in [-0.05, 0) is 36.4 Å². The number of rotatable bonds is 5. The van der Waals surface area contributed by atoms with Crippen molar-refractivity contribution >= 4 is 42.6 Å². The van der Waals surface area contributed by atoms with Crippen LogP contribution in [0.25, 0.3) is 10.2 Å². The Morgan fingerprint density at radius 3 is 2.65 bits per heavy atom. The summed E-state index contributed by atoms with van der Waals surface area (Å²) in [6.07, 6.45) is 0. The van der Waals surface area contributed by atoms with Crippen LogP contribution in [0, 0.1) is 0 Å². The van der Waals surface area contributed by atoms with E-state index in [4.69, 9.17) is 4.74 Å². The monoisotopic (exact) mass is 391 g/mol. The molecule has 26 heavy (non-hydrogen) atoms. The first-order valence-electron chi connectivity index (χ1n) is 7.60. The minimum atomic E-state index is -3.52. The molecule has 136 valence electrons. The number of methoxy groups -OCH3 is 1. The largest absolute Gasteiger partial charge is 0.497 e. The van der Waals surface area contributed by atoms with Gasteiger partial charge in [0.05, 0.1) is 22.2 Å². The van der Waals surface area contributed by atoms with Crippen molar-refractivity contribution in [3.63, 3.8) is 0 Å². The first kappa shape index (κ1) is 18.3. The van der Waals surface area contributed by atoms with Crippen molar-refractivity contribution in [1.29, 1.82) is 0 Å². The minimum Gasteiger partial charge on any atom is -0.497 e. The molecule has 2 aromatic carbocycles. The van der Waals surface area contributed by atoms with Crippen LogP contribution >= 0.6 is 11.3 Å². The number of amides is 1. The van der Waals surface area contributed by atoms with E-state index in [1.54, 1.807) is 36.4 Å². The van der Waals surface area contributed by atoms with Crippen molar-refractivity contribution in [1.82, 2.24) is 9.29 Å². The highest BCUT2D eigenvalue weighted by molar-refractivity contribution is 7.89. The summed E-state index contributed by atoms with van der Waals surface area (Å²) >= 11 is 1.21. The van der Waals surface area contributed by atoms with Crippen LogP contribution in [0.15, 0.2) is 47.4 Å². The summed E-state index contributed by atoms with van der Waals surface area (Å²) < 4.78 is 31.4. The van der Waals surface area contributed by atoms with E-state index in [9.17, 15) is 13.2 Å². The van der Waals surface area contributed by atoms with Gasteiger partial charge in [0.25, 0.3) is 5.91 Å². The number of ether oxygens (including phenoxy) is 1. The molecule has 7 nitrogen and oxygen atoms in total. The summed E-state index contributed by atoms with van der Waals surface area (Å²) in [6.45, 7) is 0. The third-order valence-corrected chi connectivity index (χ3v) is 6.44. The molecule has 1 amide bonds. The van der Waals surface area contributed by atoms with Crippen LogP contribution in [-0.4, -0.2) is 44.8 Å². The van der Waals surface area contributed by atoms with Gasteiger partial charge in [-0.15, -0.1) is 0 Å². The normalized spacial score (nSPS) is 11.7. The van der Waals surface area contributed by atoms with E-state index in [2.05, 4.69) is 10.3 Å². The average Bonchev–Trinajstić information content (AvgIpc) is 3.02. The van der Waals surface area contributed by atoms with Crippen LogP contribution in [0.5, 0.6) is 5.75 Å². The maximum Gasteiger partial charge on any atom is 0.257 e. The van der Waals surface area contributed by atoms with E-state index in [0.29, 0.717) is 26.7 Å². The van der Waals surface area contributed by atoms with Crippen molar-refractivity contribution in [2.45, 2.75) is 4.90 Å². The topological polar surface area (TPSA) is 88.6 Å². The van der Waals surface area contributed by atoms with Gasteiger partial charge in [-0.2, -0.15) is 0 Å². The number of benzene rings is 2. The summed E-state index contributed by atoms with van der Waals surface area (Å²) in [4.78, 5) is 16.9. The summed E-state index contributed by atoms with van der Waals surface area (Å²) in [5, 5.41) is 3.13. The predicted octanol–water partition coefficient (Wildman–Crippen LogP) is 2.81. The molecule has 0 aliphatic heterocycles. The maximum atomic E-state index is 12.4. The fraction of sp³-hybridized carbons (Fsp3) is 0.176. The molecule has 0 aliphatic rings. The van der Waals surface area contributed by atoms with Crippen molar-refractivity contribution < 1.29 is 17.9 Å². The highest BCUT2D eigenvalue weighted by Crippen LogP contribution is 2.29. The van der Waals surface area contributed by atoms with Gasteiger partial charge in [0.2, 0.25) is 10.0 Å². The third kappa shape index (κ3) is 3.55. The lowest BCUT2D eigenvalue weighted by Gasteiger charge is -2.10. The Balaban J connectivity index is 1.88. The number of thiazole rings is 1. The van der Waals surface area contributed by atoms with Crippen LogP contribution < -0.4 is 10.1 Å². The second-order valence-electron chi connectivity index (χ2n) is 5.62. The number of carbonyl (C=O) groups excluding carboxylic acids is 1. The van der Waals surface area contributed by atoms with E-state index in [1.165, 1.54) is 38.6 Å². The lowest BCUT2D eigenvalue weighted by atomic mass is 10.2. The van der Waals surface area contributed by atoms with Crippen molar-refractivity contribution in [3.8, 4) is 5.75 Å². The molecule has 1 aromatic heterocycles. The molecule has 0 saturated carbocycles. The number of carbonyl (C=O) groups is 1. The molecule has 0 aliphatic carbocycles.